The summed E-state index contributed by atoms with van der Waals surface area (Å²) in [6.45, 7) is 0. The molecule has 0 radical (unpaired) electrons. The number of pyridine rings is 1. The van der Waals surface area contributed by atoms with E-state index in [1.807, 2.05) is 0 Å². The van der Waals surface area contributed by atoms with Crippen molar-refractivity contribution >= 4 is 5.84 Å². The van der Waals surface area contributed by atoms with Gasteiger partial charge in [-0.3, -0.25) is 5.41 Å². The second-order valence-electron chi connectivity index (χ2n) is 2.19. The van der Waals surface area contributed by atoms with E-state index >= 15 is 0 Å². The van der Waals surface area contributed by atoms with Crippen LogP contribution in [0.5, 0.6) is 0 Å². The molecule has 0 unspecified atom stereocenters. The van der Waals surface area contributed by atoms with E-state index in [9.17, 15) is 4.39 Å². The van der Waals surface area contributed by atoms with E-state index in [1.54, 1.807) is 6.07 Å². The number of hydrogen-bond acceptors (Lipinski definition) is 2. The molecular weight excluding hydrogens is 145 g/mol. The highest BCUT2D eigenvalue weighted by Gasteiger charge is 1.95. The van der Waals surface area contributed by atoms with Crippen molar-refractivity contribution in [2.24, 2.45) is 5.73 Å². The number of aromatic nitrogens is 1. The zero-order chi connectivity index (χ0) is 8.27. The summed E-state index contributed by atoms with van der Waals surface area (Å²) >= 11 is 0. The first kappa shape index (κ1) is 7.65. The maximum atomic E-state index is 12.2. The summed E-state index contributed by atoms with van der Waals surface area (Å²) in [5, 5.41) is 6.94. The molecule has 1 heterocycles. The molecule has 0 spiro atoms. The van der Waals surface area contributed by atoms with E-state index in [2.05, 4.69) is 4.98 Å². The Morgan fingerprint density at radius 2 is 2.36 bits per heavy atom. The summed E-state index contributed by atoms with van der Waals surface area (Å²) < 4.78 is 12.2. The lowest BCUT2D eigenvalue weighted by Gasteiger charge is -1.96. The third kappa shape index (κ3) is 2.33. The van der Waals surface area contributed by atoms with E-state index in [4.69, 9.17) is 11.1 Å². The van der Waals surface area contributed by atoms with Crippen molar-refractivity contribution < 1.29 is 4.39 Å². The van der Waals surface area contributed by atoms with Gasteiger partial charge in [0.15, 0.2) is 0 Å². The average molecular weight is 153 g/mol. The van der Waals surface area contributed by atoms with Crippen LogP contribution in [0.3, 0.4) is 0 Å². The van der Waals surface area contributed by atoms with Crippen molar-refractivity contribution in [1.82, 2.24) is 4.98 Å². The van der Waals surface area contributed by atoms with Gasteiger partial charge in [0.05, 0.1) is 5.84 Å². The number of rotatable bonds is 2. The zero-order valence-electron chi connectivity index (χ0n) is 5.84. The van der Waals surface area contributed by atoms with Gasteiger partial charge in [0.25, 0.3) is 0 Å². The van der Waals surface area contributed by atoms with Gasteiger partial charge in [0, 0.05) is 12.6 Å². The highest BCUT2D eigenvalue weighted by atomic mass is 19.1. The van der Waals surface area contributed by atoms with Crippen LogP contribution in [0.2, 0.25) is 0 Å². The fourth-order valence-electron chi connectivity index (χ4n) is 0.731. The highest BCUT2D eigenvalue weighted by Crippen LogP contribution is 1.98. The van der Waals surface area contributed by atoms with Gasteiger partial charge in [-0.1, -0.05) is 6.07 Å². The summed E-state index contributed by atoms with van der Waals surface area (Å²) in [7, 11) is 0. The Hall–Kier alpha value is -1.45. The Morgan fingerprint density at radius 3 is 2.82 bits per heavy atom. The minimum Gasteiger partial charge on any atom is -0.387 e. The standard InChI is InChI=1S/C7H8FN3/c8-6-2-1-5(4-11-6)3-7(9)10/h1-2,4H,3H2,(H3,9,10). The largest absolute Gasteiger partial charge is 0.387 e. The SMILES string of the molecule is N=C(N)Cc1ccc(F)nc1. The van der Waals surface area contributed by atoms with Crippen LogP contribution in [-0.2, 0) is 6.42 Å². The van der Waals surface area contributed by atoms with E-state index in [0.29, 0.717) is 6.42 Å². The van der Waals surface area contributed by atoms with Gasteiger partial charge in [0.1, 0.15) is 0 Å². The Kier molecular flexibility index (Phi) is 2.15. The molecule has 0 fully saturated rings. The highest BCUT2D eigenvalue weighted by molar-refractivity contribution is 5.79. The molecule has 3 nitrogen and oxygen atoms in total. The molecule has 0 bridgehead atoms. The maximum Gasteiger partial charge on any atom is 0.212 e. The van der Waals surface area contributed by atoms with Gasteiger partial charge in [-0.05, 0) is 11.6 Å². The maximum absolute atomic E-state index is 12.2. The Balaban J connectivity index is 2.74. The van der Waals surface area contributed by atoms with Crippen molar-refractivity contribution in [3.8, 4) is 0 Å². The van der Waals surface area contributed by atoms with Gasteiger partial charge in [-0.2, -0.15) is 4.39 Å². The fourth-order valence-corrected chi connectivity index (χ4v) is 0.731. The first-order valence-electron chi connectivity index (χ1n) is 3.12. The first-order chi connectivity index (χ1) is 5.18. The summed E-state index contributed by atoms with van der Waals surface area (Å²) in [4.78, 5) is 3.41. The summed E-state index contributed by atoms with van der Waals surface area (Å²) in [6, 6.07) is 2.81. The summed E-state index contributed by atoms with van der Waals surface area (Å²) in [5.74, 6) is -0.462. The number of halogens is 1. The molecule has 0 amide bonds. The van der Waals surface area contributed by atoms with Gasteiger partial charge in [-0.15, -0.1) is 0 Å². The molecule has 0 atom stereocenters. The Morgan fingerprint density at radius 1 is 1.64 bits per heavy atom. The zero-order valence-corrected chi connectivity index (χ0v) is 5.84. The lowest BCUT2D eigenvalue weighted by Crippen LogP contribution is -2.12. The van der Waals surface area contributed by atoms with Crippen LogP contribution in [0, 0.1) is 11.4 Å². The number of nitrogens with two attached hydrogens (primary N) is 1. The Bertz CT molecular complexity index is 255. The summed E-state index contributed by atoms with van der Waals surface area (Å²) in [5.41, 5.74) is 5.87. The van der Waals surface area contributed by atoms with Crippen molar-refractivity contribution in [3.63, 3.8) is 0 Å². The smallest absolute Gasteiger partial charge is 0.212 e. The lowest BCUT2D eigenvalue weighted by molar-refractivity contribution is 0.582. The predicted molar refractivity (Wildman–Crippen MR) is 39.8 cm³/mol. The van der Waals surface area contributed by atoms with Gasteiger partial charge >= 0.3 is 0 Å². The molecule has 1 aromatic rings. The minimum atomic E-state index is -0.516. The van der Waals surface area contributed by atoms with E-state index in [0.717, 1.165) is 5.56 Å². The van der Waals surface area contributed by atoms with Crippen molar-refractivity contribution in [2.75, 3.05) is 0 Å². The van der Waals surface area contributed by atoms with E-state index in [1.165, 1.54) is 12.3 Å². The van der Waals surface area contributed by atoms with Crippen molar-refractivity contribution in [1.29, 1.82) is 5.41 Å². The predicted octanol–water partition coefficient (Wildman–Crippen LogP) is 0.699. The van der Waals surface area contributed by atoms with E-state index < -0.39 is 5.95 Å². The molecule has 58 valence electrons. The van der Waals surface area contributed by atoms with Gasteiger partial charge < -0.3 is 5.73 Å². The minimum absolute atomic E-state index is 0.0541. The average Bonchev–Trinajstić information content (AvgIpc) is 1.93. The molecule has 0 aromatic carbocycles. The molecule has 0 aliphatic carbocycles. The fraction of sp³-hybridized carbons (Fsp3) is 0.143. The number of amidine groups is 1. The monoisotopic (exact) mass is 153 g/mol. The van der Waals surface area contributed by atoms with Crippen LogP contribution in [0.1, 0.15) is 5.56 Å². The number of nitrogens with zero attached hydrogens (tertiary/aromatic N) is 1. The van der Waals surface area contributed by atoms with Crippen LogP contribution in [0.25, 0.3) is 0 Å². The molecule has 0 saturated heterocycles. The normalized spacial score (nSPS) is 9.55. The summed E-state index contributed by atoms with van der Waals surface area (Å²) in [6.07, 6.45) is 1.70. The molecular formula is C7H8FN3. The molecule has 0 aliphatic rings. The Labute approximate surface area is 63.6 Å². The molecule has 3 N–H and O–H groups in total. The lowest BCUT2D eigenvalue weighted by atomic mass is 10.2. The van der Waals surface area contributed by atoms with Crippen LogP contribution < -0.4 is 5.73 Å². The number of nitrogens with one attached hydrogen (secondary N) is 1. The van der Waals surface area contributed by atoms with E-state index in [-0.39, 0.29) is 5.84 Å². The molecule has 0 aliphatic heterocycles. The second kappa shape index (κ2) is 3.09. The van der Waals surface area contributed by atoms with Crippen LogP contribution in [-0.4, -0.2) is 10.8 Å². The van der Waals surface area contributed by atoms with Crippen LogP contribution in [0.15, 0.2) is 18.3 Å². The molecule has 0 saturated carbocycles. The van der Waals surface area contributed by atoms with Crippen LogP contribution in [0.4, 0.5) is 4.39 Å². The number of hydrogen-bond donors (Lipinski definition) is 2. The van der Waals surface area contributed by atoms with Crippen molar-refractivity contribution in [2.45, 2.75) is 6.42 Å². The van der Waals surface area contributed by atoms with Crippen molar-refractivity contribution in [3.05, 3.63) is 29.8 Å². The van der Waals surface area contributed by atoms with Gasteiger partial charge in [0.2, 0.25) is 5.95 Å². The molecule has 11 heavy (non-hydrogen) atoms. The molecule has 1 rings (SSSR count). The molecule has 1 aromatic heterocycles. The second-order valence-corrected chi connectivity index (χ2v) is 2.19. The molecule has 4 heteroatoms. The van der Waals surface area contributed by atoms with Gasteiger partial charge in [-0.25, -0.2) is 4.98 Å². The first-order valence-corrected chi connectivity index (χ1v) is 3.12. The third-order valence-electron chi connectivity index (χ3n) is 1.18. The van der Waals surface area contributed by atoms with Crippen LogP contribution >= 0.6 is 0 Å². The third-order valence-corrected chi connectivity index (χ3v) is 1.18. The quantitative estimate of drug-likeness (QED) is 0.373. The topological polar surface area (TPSA) is 62.8 Å².